The number of aliphatic carboxylic acids is 1. The summed E-state index contributed by atoms with van der Waals surface area (Å²) in [5.41, 5.74) is 0.738. The Labute approximate surface area is 137 Å². The van der Waals surface area contributed by atoms with Gasteiger partial charge >= 0.3 is 0 Å². The number of nitrogens with one attached hydrogen (secondary N) is 1. The second kappa shape index (κ2) is 6.78. The topological polar surface area (TPSA) is 112 Å². The number of anilines is 1. The van der Waals surface area contributed by atoms with E-state index in [1.807, 2.05) is 0 Å². The second-order valence-electron chi connectivity index (χ2n) is 5.37. The van der Waals surface area contributed by atoms with Crippen LogP contribution in [0, 0.1) is 28.9 Å². The predicted molar refractivity (Wildman–Crippen MR) is 81.6 cm³/mol. The number of amides is 1. The van der Waals surface area contributed by atoms with E-state index in [9.17, 15) is 24.8 Å². The fourth-order valence-electron chi connectivity index (χ4n) is 2.47. The van der Waals surface area contributed by atoms with E-state index in [2.05, 4.69) is 5.32 Å². The molecule has 1 N–H and O–H groups in total. The van der Waals surface area contributed by atoms with Crippen LogP contribution in [0.25, 0.3) is 0 Å². The fraction of sp³-hybridized carbons (Fsp3) is 0.333. The molecular formula is C15H14ClN2O5-. The van der Waals surface area contributed by atoms with Crippen LogP contribution in [-0.4, -0.2) is 16.8 Å². The molecule has 0 fully saturated rings. The Hall–Kier alpha value is -2.41. The molecule has 23 heavy (non-hydrogen) atoms. The maximum atomic E-state index is 12.4. The Balaban J connectivity index is 2.24. The molecule has 2 rings (SSSR count). The molecule has 0 radical (unpaired) electrons. The number of carboxylic acid groups (broad SMARTS) is 1. The largest absolute Gasteiger partial charge is 0.550 e. The van der Waals surface area contributed by atoms with Gasteiger partial charge in [0, 0.05) is 29.1 Å². The van der Waals surface area contributed by atoms with Gasteiger partial charge in [0.25, 0.3) is 5.69 Å². The molecule has 122 valence electrons. The molecule has 0 saturated heterocycles. The molecule has 0 saturated carbocycles. The Morgan fingerprint density at radius 2 is 2.04 bits per heavy atom. The average Bonchev–Trinajstić information content (AvgIpc) is 2.48. The van der Waals surface area contributed by atoms with Gasteiger partial charge in [0.2, 0.25) is 5.91 Å². The zero-order chi connectivity index (χ0) is 17.1. The molecule has 0 aromatic heterocycles. The quantitative estimate of drug-likeness (QED) is 0.664. The average molecular weight is 338 g/mol. The van der Waals surface area contributed by atoms with Gasteiger partial charge in [-0.25, -0.2) is 0 Å². The molecular weight excluding hydrogens is 324 g/mol. The molecule has 1 amide bonds. The summed E-state index contributed by atoms with van der Waals surface area (Å²) in [6.07, 6.45) is 1.78. The van der Waals surface area contributed by atoms with Crippen molar-refractivity contribution < 1.29 is 19.6 Å². The Kier molecular flexibility index (Phi) is 5.00. The predicted octanol–water partition coefficient (Wildman–Crippen LogP) is 1.74. The molecule has 2 atom stereocenters. The molecule has 0 unspecified atom stereocenters. The normalized spacial score (nSPS) is 20.5. The van der Waals surface area contributed by atoms with Gasteiger partial charge in [0.1, 0.15) is 0 Å². The SMILES string of the molecule is Cc1ccc([N+](=O)[O-])cc1NC(=O)[C@@H]1CC(Cl)=CC[C@@H]1C(=O)[O-]. The van der Waals surface area contributed by atoms with E-state index in [0.29, 0.717) is 10.6 Å². The van der Waals surface area contributed by atoms with Crippen molar-refractivity contribution >= 4 is 34.9 Å². The third-order valence-electron chi connectivity index (χ3n) is 3.82. The standard InChI is InChI=1S/C15H15ClN2O5/c1-8-2-4-10(18(22)23)7-13(8)17-14(19)12-6-9(16)3-5-11(12)15(20)21/h2-4,7,11-12H,5-6H2,1H3,(H,17,19)(H,20,21)/p-1/t11-,12+/m0/s1. The van der Waals surface area contributed by atoms with Crippen LogP contribution in [-0.2, 0) is 9.59 Å². The number of allylic oxidation sites excluding steroid dienone is 2. The number of halogens is 1. The summed E-state index contributed by atoms with van der Waals surface area (Å²) in [4.78, 5) is 33.8. The lowest BCUT2D eigenvalue weighted by molar-refractivity contribution is -0.384. The van der Waals surface area contributed by atoms with Gasteiger partial charge in [0.15, 0.2) is 0 Å². The molecule has 0 spiro atoms. The number of rotatable bonds is 4. The van der Waals surface area contributed by atoms with Gasteiger partial charge in [-0.05, 0) is 25.3 Å². The third kappa shape index (κ3) is 3.87. The highest BCUT2D eigenvalue weighted by Gasteiger charge is 2.32. The van der Waals surface area contributed by atoms with E-state index in [4.69, 9.17) is 11.6 Å². The Morgan fingerprint density at radius 3 is 2.65 bits per heavy atom. The number of hydrogen-bond acceptors (Lipinski definition) is 5. The summed E-state index contributed by atoms with van der Waals surface area (Å²) in [6, 6.07) is 4.08. The van der Waals surface area contributed by atoms with E-state index in [1.165, 1.54) is 18.2 Å². The number of carbonyl (C=O) groups excluding carboxylic acids is 2. The van der Waals surface area contributed by atoms with E-state index in [-0.39, 0.29) is 24.2 Å². The summed E-state index contributed by atoms with van der Waals surface area (Å²) in [6.45, 7) is 1.68. The number of carbonyl (C=O) groups is 2. The first-order valence-electron chi connectivity index (χ1n) is 6.91. The number of aryl methyl sites for hydroxylation is 1. The zero-order valence-corrected chi connectivity index (χ0v) is 13.0. The molecule has 0 heterocycles. The minimum Gasteiger partial charge on any atom is -0.550 e. The lowest BCUT2D eigenvalue weighted by Gasteiger charge is -2.29. The van der Waals surface area contributed by atoms with Gasteiger partial charge in [-0.1, -0.05) is 23.7 Å². The van der Waals surface area contributed by atoms with Crippen molar-refractivity contribution in [3.05, 3.63) is 45.0 Å². The number of non-ortho nitro benzene ring substituents is 1. The van der Waals surface area contributed by atoms with Crippen LogP contribution >= 0.6 is 11.6 Å². The number of nitrogens with zero attached hydrogens (tertiary/aromatic N) is 1. The summed E-state index contributed by atoms with van der Waals surface area (Å²) >= 11 is 5.90. The van der Waals surface area contributed by atoms with Gasteiger partial charge in [-0.2, -0.15) is 0 Å². The zero-order valence-electron chi connectivity index (χ0n) is 12.2. The number of nitro groups is 1. The molecule has 0 bridgehead atoms. The summed E-state index contributed by atoms with van der Waals surface area (Å²) < 4.78 is 0. The molecule has 7 nitrogen and oxygen atoms in total. The summed E-state index contributed by atoms with van der Waals surface area (Å²) in [5.74, 6) is -3.72. The van der Waals surface area contributed by atoms with Gasteiger partial charge in [0.05, 0.1) is 16.5 Å². The van der Waals surface area contributed by atoms with Gasteiger partial charge in [-0.15, -0.1) is 0 Å². The Bertz CT molecular complexity index is 701. The van der Waals surface area contributed by atoms with Crippen molar-refractivity contribution in [1.82, 2.24) is 0 Å². The van der Waals surface area contributed by atoms with Crippen molar-refractivity contribution in [3.63, 3.8) is 0 Å². The summed E-state index contributed by atoms with van der Waals surface area (Å²) in [5, 5.41) is 25.0. The number of nitro benzene ring substituents is 1. The highest BCUT2D eigenvalue weighted by atomic mass is 35.5. The van der Waals surface area contributed by atoms with Gasteiger partial charge in [-0.3, -0.25) is 14.9 Å². The maximum Gasteiger partial charge on any atom is 0.271 e. The van der Waals surface area contributed by atoms with E-state index >= 15 is 0 Å². The minimum absolute atomic E-state index is 0.0972. The Morgan fingerprint density at radius 1 is 1.35 bits per heavy atom. The van der Waals surface area contributed by atoms with Gasteiger partial charge < -0.3 is 15.2 Å². The number of carboxylic acids is 1. The monoisotopic (exact) mass is 337 g/mol. The van der Waals surface area contributed by atoms with E-state index in [1.54, 1.807) is 13.0 Å². The van der Waals surface area contributed by atoms with Crippen molar-refractivity contribution in [3.8, 4) is 0 Å². The third-order valence-corrected chi connectivity index (χ3v) is 4.13. The molecule has 1 aliphatic carbocycles. The first-order valence-corrected chi connectivity index (χ1v) is 7.28. The molecule has 1 aliphatic rings. The maximum absolute atomic E-state index is 12.4. The van der Waals surface area contributed by atoms with Crippen LogP contribution in [0.4, 0.5) is 11.4 Å². The lowest BCUT2D eigenvalue weighted by atomic mass is 9.82. The first kappa shape index (κ1) is 17.0. The second-order valence-corrected chi connectivity index (χ2v) is 5.85. The highest BCUT2D eigenvalue weighted by molar-refractivity contribution is 6.29. The smallest absolute Gasteiger partial charge is 0.271 e. The summed E-state index contributed by atoms with van der Waals surface area (Å²) in [7, 11) is 0. The van der Waals surface area contributed by atoms with Crippen molar-refractivity contribution in [2.45, 2.75) is 19.8 Å². The minimum atomic E-state index is -1.32. The molecule has 8 heteroatoms. The molecule has 1 aromatic carbocycles. The van der Waals surface area contributed by atoms with E-state index in [0.717, 1.165) is 0 Å². The lowest BCUT2D eigenvalue weighted by Crippen LogP contribution is -2.42. The highest BCUT2D eigenvalue weighted by Crippen LogP contribution is 2.33. The van der Waals surface area contributed by atoms with Crippen LogP contribution in [0.1, 0.15) is 18.4 Å². The van der Waals surface area contributed by atoms with Crippen LogP contribution in [0.3, 0.4) is 0 Å². The van der Waals surface area contributed by atoms with Crippen molar-refractivity contribution in [1.29, 1.82) is 0 Å². The first-order chi connectivity index (χ1) is 10.8. The van der Waals surface area contributed by atoms with E-state index < -0.39 is 28.6 Å². The number of hydrogen-bond donors (Lipinski definition) is 1. The van der Waals surface area contributed by atoms with Crippen LogP contribution < -0.4 is 10.4 Å². The van der Waals surface area contributed by atoms with Crippen molar-refractivity contribution in [2.24, 2.45) is 11.8 Å². The number of benzene rings is 1. The van der Waals surface area contributed by atoms with Crippen LogP contribution in [0.15, 0.2) is 29.3 Å². The van der Waals surface area contributed by atoms with Crippen LogP contribution in [0.2, 0.25) is 0 Å². The van der Waals surface area contributed by atoms with Crippen molar-refractivity contribution in [2.75, 3.05) is 5.32 Å². The molecule has 1 aromatic rings. The molecule has 0 aliphatic heterocycles. The fourth-order valence-corrected chi connectivity index (χ4v) is 2.73. The van der Waals surface area contributed by atoms with Crippen LogP contribution in [0.5, 0.6) is 0 Å².